The third-order valence-corrected chi connectivity index (χ3v) is 6.54. The molecule has 1 aromatic carbocycles. The van der Waals surface area contributed by atoms with Gasteiger partial charge in [-0.1, -0.05) is 36.4 Å². The highest BCUT2D eigenvalue weighted by atomic mass is 16.5. The predicted molar refractivity (Wildman–Crippen MR) is 136 cm³/mol. The van der Waals surface area contributed by atoms with Gasteiger partial charge >= 0.3 is 0 Å². The van der Waals surface area contributed by atoms with Crippen LogP contribution in [0.3, 0.4) is 0 Å². The van der Waals surface area contributed by atoms with Crippen molar-refractivity contribution >= 4 is 30.0 Å². The molecule has 36 heavy (non-hydrogen) atoms. The number of ether oxygens (including phenoxy) is 1. The van der Waals surface area contributed by atoms with E-state index in [4.69, 9.17) is 4.74 Å². The monoisotopic (exact) mass is 492 g/mol. The lowest BCUT2D eigenvalue weighted by Crippen LogP contribution is -2.52. The van der Waals surface area contributed by atoms with E-state index in [-0.39, 0.29) is 11.8 Å². The Labute approximate surface area is 210 Å². The number of hydrogen-bond donors (Lipinski definition) is 2. The maximum absolute atomic E-state index is 13.2. The number of aromatic nitrogens is 2. The van der Waals surface area contributed by atoms with E-state index >= 15 is 0 Å². The van der Waals surface area contributed by atoms with Crippen LogP contribution in [0.4, 0.5) is 5.82 Å². The van der Waals surface area contributed by atoms with Crippen molar-refractivity contribution in [3.8, 4) is 0 Å². The van der Waals surface area contributed by atoms with Gasteiger partial charge in [-0.3, -0.25) is 24.4 Å². The van der Waals surface area contributed by atoms with Crippen LogP contribution in [0.15, 0.2) is 47.5 Å². The number of carbonyl (C=O) groups excluding carboxylic acids is 2. The van der Waals surface area contributed by atoms with Crippen LogP contribution < -0.4 is 15.6 Å². The summed E-state index contributed by atoms with van der Waals surface area (Å²) in [5, 5.41) is 9.30. The number of carbonyl (C=O) groups is 2. The van der Waals surface area contributed by atoms with Crippen molar-refractivity contribution < 1.29 is 14.3 Å². The molecule has 0 spiro atoms. The predicted octanol–water partition coefficient (Wildman–Crippen LogP) is 0.455. The summed E-state index contributed by atoms with van der Waals surface area (Å²) in [6, 6.07) is 11.2. The Hall–Kier alpha value is -3.54. The van der Waals surface area contributed by atoms with E-state index in [1.807, 2.05) is 47.2 Å². The quantitative estimate of drug-likeness (QED) is 0.578. The van der Waals surface area contributed by atoms with Gasteiger partial charge in [0.2, 0.25) is 0 Å². The second-order valence-corrected chi connectivity index (χ2v) is 9.12. The SMILES string of the molecule is CN1C(=O)C(NC(=O)C2N=CN(Cc3ccccc3)N2)CCn2nc(/C=C/CN3CCOCC3)cc21. The number of aryl methyl sites for hydroxylation is 1. The zero-order valence-electron chi connectivity index (χ0n) is 20.4. The highest BCUT2D eigenvalue weighted by Gasteiger charge is 2.33. The highest BCUT2D eigenvalue weighted by molar-refractivity contribution is 5.99. The molecule has 11 nitrogen and oxygen atoms in total. The molecule has 2 aromatic rings. The molecule has 1 fully saturated rings. The Morgan fingerprint density at radius 1 is 1.22 bits per heavy atom. The molecule has 2 N–H and O–H groups in total. The molecule has 0 radical (unpaired) electrons. The zero-order chi connectivity index (χ0) is 24.9. The van der Waals surface area contributed by atoms with Crippen molar-refractivity contribution in [2.24, 2.45) is 4.99 Å². The summed E-state index contributed by atoms with van der Waals surface area (Å²) in [4.78, 5) is 34.2. The Bertz CT molecular complexity index is 1130. The van der Waals surface area contributed by atoms with Crippen LogP contribution >= 0.6 is 0 Å². The largest absolute Gasteiger partial charge is 0.379 e. The Balaban J connectivity index is 1.14. The molecule has 1 aromatic heterocycles. The molecule has 0 saturated carbocycles. The normalized spacial score (nSPS) is 22.8. The average Bonchev–Trinajstić information content (AvgIpc) is 3.52. The van der Waals surface area contributed by atoms with Gasteiger partial charge in [0.25, 0.3) is 11.8 Å². The summed E-state index contributed by atoms with van der Waals surface area (Å²) in [6.45, 7) is 5.36. The molecule has 2 atom stereocenters. The van der Waals surface area contributed by atoms with Gasteiger partial charge in [0.1, 0.15) is 18.2 Å². The summed E-state index contributed by atoms with van der Waals surface area (Å²) in [6.07, 6.45) is 5.37. The summed E-state index contributed by atoms with van der Waals surface area (Å²) in [5.41, 5.74) is 4.98. The molecule has 0 bridgehead atoms. The van der Waals surface area contributed by atoms with Gasteiger partial charge in [-0.2, -0.15) is 5.10 Å². The number of nitrogens with one attached hydrogen (secondary N) is 2. The molecule has 0 aliphatic carbocycles. The number of anilines is 1. The number of benzene rings is 1. The average molecular weight is 493 g/mol. The summed E-state index contributed by atoms with van der Waals surface area (Å²) < 4.78 is 7.21. The molecular weight excluding hydrogens is 460 g/mol. The molecular formula is C25H32N8O3. The fraction of sp³-hybridized carbons (Fsp3) is 0.440. The number of rotatable bonds is 7. The van der Waals surface area contributed by atoms with Crippen LogP contribution in [0.2, 0.25) is 0 Å². The van der Waals surface area contributed by atoms with Crippen LogP contribution in [-0.4, -0.2) is 89.9 Å². The molecule has 5 rings (SSSR count). The number of fused-ring (bicyclic) bond motifs is 1. The van der Waals surface area contributed by atoms with Crippen molar-refractivity contribution in [3.05, 3.63) is 53.7 Å². The molecule has 190 valence electrons. The van der Waals surface area contributed by atoms with E-state index < -0.39 is 12.2 Å². The molecule has 3 aliphatic rings. The summed E-state index contributed by atoms with van der Waals surface area (Å²) >= 11 is 0. The Kier molecular flexibility index (Phi) is 7.40. The number of nitrogens with zero attached hydrogens (tertiary/aromatic N) is 6. The van der Waals surface area contributed by atoms with E-state index in [0.717, 1.165) is 44.1 Å². The van der Waals surface area contributed by atoms with Gasteiger partial charge in [0.05, 0.1) is 25.5 Å². The first kappa shape index (κ1) is 24.2. The molecule has 2 amide bonds. The van der Waals surface area contributed by atoms with Crippen LogP contribution in [0.5, 0.6) is 0 Å². The lowest BCUT2D eigenvalue weighted by atomic mass is 10.2. The van der Waals surface area contributed by atoms with Crippen LogP contribution in [-0.2, 0) is 27.4 Å². The fourth-order valence-corrected chi connectivity index (χ4v) is 4.52. The van der Waals surface area contributed by atoms with Crippen LogP contribution in [0, 0.1) is 0 Å². The standard InChI is InChI=1S/C25H32N8O3/c1-30-22-16-20(8-5-10-31-12-14-36-15-13-31)28-33(22)11-9-21(25(30)35)27-24(34)23-26-18-32(29-23)17-19-6-3-2-4-7-19/h2-8,16,18,21,23,29H,9-15,17H2,1H3,(H,27,34)/b8-5+. The van der Waals surface area contributed by atoms with Crippen molar-refractivity contribution in [2.75, 3.05) is 44.8 Å². The van der Waals surface area contributed by atoms with Crippen molar-refractivity contribution in [3.63, 3.8) is 0 Å². The number of hydrogen-bond acceptors (Lipinski definition) is 8. The molecule has 1 saturated heterocycles. The number of aliphatic imine (C=N–C) groups is 1. The number of likely N-dealkylation sites (N-methyl/N-ethyl adjacent to an activating group) is 1. The minimum atomic E-state index is -0.768. The maximum Gasteiger partial charge on any atom is 0.261 e. The molecule has 3 aliphatic heterocycles. The zero-order valence-corrected chi connectivity index (χ0v) is 20.4. The maximum atomic E-state index is 13.2. The Morgan fingerprint density at radius 3 is 2.83 bits per heavy atom. The highest BCUT2D eigenvalue weighted by Crippen LogP contribution is 2.22. The van der Waals surface area contributed by atoms with Gasteiger partial charge in [-0.05, 0) is 18.1 Å². The first-order valence-electron chi connectivity index (χ1n) is 12.3. The van der Waals surface area contributed by atoms with E-state index in [1.54, 1.807) is 23.3 Å². The lowest BCUT2D eigenvalue weighted by Gasteiger charge is -2.25. The fourth-order valence-electron chi connectivity index (χ4n) is 4.52. The van der Waals surface area contributed by atoms with E-state index in [1.165, 1.54) is 0 Å². The van der Waals surface area contributed by atoms with Crippen LogP contribution in [0.25, 0.3) is 6.08 Å². The molecule has 11 heteroatoms. The van der Waals surface area contributed by atoms with Gasteiger partial charge < -0.3 is 10.1 Å². The minimum Gasteiger partial charge on any atom is -0.379 e. The first-order valence-corrected chi connectivity index (χ1v) is 12.3. The van der Waals surface area contributed by atoms with E-state index in [9.17, 15) is 9.59 Å². The smallest absolute Gasteiger partial charge is 0.261 e. The molecule has 2 unspecified atom stereocenters. The lowest BCUT2D eigenvalue weighted by molar-refractivity contribution is -0.129. The third-order valence-electron chi connectivity index (χ3n) is 6.54. The molecule has 4 heterocycles. The summed E-state index contributed by atoms with van der Waals surface area (Å²) in [5.74, 6) is 0.211. The topological polar surface area (TPSA) is 107 Å². The van der Waals surface area contributed by atoms with Crippen LogP contribution in [0.1, 0.15) is 17.7 Å². The Morgan fingerprint density at radius 2 is 2.03 bits per heavy atom. The number of morpholine rings is 1. The van der Waals surface area contributed by atoms with Gasteiger partial charge in [0.15, 0.2) is 6.17 Å². The van der Waals surface area contributed by atoms with E-state index in [0.29, 0.717) is 25.3 Å². The second kappa shape index (κ2) is 11.0. The minimum absolute atomic E-state index is 0.172. The third kappa shape index (κ3) is 5.64. The first-order chi connectivity index (χ1) is 17.6. The second-order valence-electron chi connectivity index (χ2n) is 9.12. The van der Waals surface area contributed by atoms with Crippen molar-refractivity contribution in [1.82, 2.24) is 30.4 Å². The van der Waals surface area contributed by atoms with Gasteiger partial charge in [-0.25, -0.2) is 15.1 Å². The van der Waals surface area contributed by atoms with Crippen molar-refractivity contribution in [1.29, 1.82) is 0 Å². The summed E-state index contributed by atoms with van der Waals surface area (Å²) in [7, 11) is 1.72. The van der Waals surface area contributed by atoms with Crippen molar-refractivity contribution in [2.45, 2.75) is 31.7 Å². The van der Waals surface area contributed by atoms with Gasteiger partial charge in [0, 0.05) is 39.3 Å². The van der Waals surface area contributed by atoms with Gasteiger partial charge in [-0.15, -0.1) is 0 Å². The number of amides is 2. The van der Waals surface area contributed by atoms with E-state index in [2.05, 4.69) is 31.8 Å². The number of hydrazine groups is 1.